The van der Waals surface area contributed by atoms with Gasteiger partial charge in [-0.1, -0.05) is 18.0 Å². The summed E-state index contributed by atoms with van der Waals surface area (Å²) in [5.41, 5.74) is 0.927. The van der Waals surface area contributed by atoms with Crippen molar-refractivity contribution >= 4 is 5.91 Å². The zero-order chi connectivity index (χ0) is 12.5. The molecule has 98 valence electrons. The number of nitrogens with zero attached hydrogens (tertiary/aromatic N) is 2. The average Bonchev–Trinajstić information content (AvgIpc) is 3.09. The maximum atomic E-state index is 12.5. The van der Waals surface area contributed by atoms with Crippen LogP contribution in [0.3, 0.4) is 0 Å². The highest BCUT2D eigenvalue weighted by atomic mass is 16.5. The molecule has 1 saturated carbocycles. The molecule has 4 heteroatoms. The Kier molecular flexibility index (Phi) is 3.10. The van der Waals surface area contributed by atoms with E-state index in [0.717, 1.165) is 43.7 Å². The van der Waals surface area contributed by atoms with E-state index in [1.54, 1.807) is 0 Å². The molecule has 18 heavy (non-hydrogen) atoms. The monoisotopic (exact) mass is 248 g/mol. The fourth-order valence-electron chi connectivity index (χ4n) is 3.29. The van der Waals surface area contributed by atoms with Crippen LogP contribution in [0.5, 0.6) is 0 Å². The molecule has 2 aliphatic rings. The van der Waals surface area contributed by atoms with Gasteiger partial charge in [0.25, 0.3) is 0 Å². The van der Waals surface area contributed by atoms with E-state index in [0.29, 0.717) is 5.91 Å². The van der Waals surface area contributed by atoms with Crippen LogP contribution >= 0.6 is 0 Å². The first-order valence-electron chi connectivity index (χ1n) is 6.99. The van der Waals surface area contributed by atoms with Crippen LogP contribution in [0.2, 0.25) is 0 Å². The van der Waals surface area contributed by atoms with Gasteiger partial charge in [-0.2, -0.15) is 0 Å². The van der Waals surface area contributed by atoms with Gasteiger partial charge in [0.2, 0.25) is 5.91 Å². The van der Waals surface area contributed by atoms with Crippen LogP contribution in [0.15, 0.2) is 10.6 Å². The fraction of sp³-hybridized carbons (Fsp3) is 0.714. The van der Waals surface area contributed by atoms with Crippen molar-refractivity contribution in [2.75, 3.05) is 6.54 Å². The zero-order valence-corrected chi connectivity index (χ0v) is 10.9. The molecule has 2 heterocycles. The summed E-state index contributed by atoms with van der Waals surface area (Å²) in [5.74, 6) is 1.43. The van der Waals surface area contributed by atoms with Crippen LogP contribution in [0.1, 0.15) is 56.0 Å². The number of amides is 1. The van der Waals surface area contributed by atoms with Crippen molar-refractivity contribution in [3.63, 3.8) is 0 Å². The van der Waals surface area contributed by atoms with Crippen molar-refractivity contribution in [1.29, 1.82) is 0 Å². The molecule has 1 aliphatic carbocycles. The molecule has 1 amide bonds. The maximum absolute atomic E-state index is 12.5. The van der Waals surface area contributed by atoms with Crippen LogP contribution in [-0.4, -0.2) is 22.5 Å². The van der Waals surface area contributed by atoms with Gasteiger partial charge in [-0.15, -0.1) is 0 Å². The Balaban J connectivity index is 1.76. The lowest BCUT2D eigenvalue weighted by Crippen LogP contribution is -2.34. The minimum Gasteiger partial charge on any atom is -0.361 e. The average molecular weight is 248 g/mol. The second-order valence-corrected chi connectivity index (χ2v) is 5.53. The Hall–Kier alpha value is -1.32. The van der Waals surface area contributed by atoms with Gasteiger partial charge in [0.1, 0.15) is 11.5 Å². The van der Waals surface area contributed by atoms with Crippen molar-refractivity contribution in [2.45, 2.75) is 51.5 Å². The largest absolute Gasteiger partial charge is 0.361 e. The second-order valence-electron chi connectivity index (χ2n) is 5.53. The summed E-state index contributed by atoms with van der Waals surface area (Å²) in [4.78, 5) is 14.5. The van der Waals surface area contributed by atoms with Gasteiger partial charge in [-0.25, -0.2) is 0 Å². The van der Waals surface area contributed by atoms with E-state index in [4.69, 9.17) is 4.52 Å². The Morgan fingerprint density at radius 1 is 1.33 bits per heavy atom. The van der Waals surface area contributed by atoms with Crippen LogP contribution in [0.25, 0.3) is 0 Å². The third-order valence-corrected chi connectivity index (χ3v) is 4.23. The number of hydrogen-bond acceptors (Lipinski definition) is 3. The molecule has 1 aromatic rings. The molecule has 1 aromatic heterocycles. The molecule has 4 nitrogen and oxygen atoms in total. The lowest BCUT2D eigenvalue weighted by atomic mass is 10.1. The summed E-state index contributed by atoms with van der Waals surface area (Å²) in [7, 11) is 0. The quantitative estimate of drug-likeness (QED) is 0.808. The molecule has 0 bridgehead atoms. The number of carbonyl (C=O) groups excluding carboxylic acids is 1. The number of aryl methyl sites for hydroxylation is 1. The predicted molar refractivity (Wildman–Crippen MR) is 66.9 cm³/mol. The summed E-state index contributed by atoms with van der Waals surface area (Å²) in [6, 6.07) is 2.11. The maximum Gasteiger partial charge on any atom is 0.226 e. The standard InChI is InChI=1S/C14H20N2O2/c1-10-9-12(15-18-10)13-7-4-8-16(13)14(17)11-5-2-3-6-11/h9,11,13H,2-8H2,1H3. The topological polar surface area (TPSA) is 46.3 Å². The second kappa shape index (κ2) is 4.75. The van der Waals surface area contributed by atoms with Crippen molar-refractivity contribution in [1.82, 2.24) is 10.1 Å². The predicted octanol–water partition coefficient (Wildman–Crippen LogP) is 2.84. The number of hydrogen-bond donors (Lipinski definition) is 0. The highest BCUT2D eigenvalue weighted by Crippen LogP contribution is 2.35. The highest BCUT2D eigenvalue weighted by Gasteiger charge is 2.36. The minimum absolute atomic E-state index is 0.149. The molecule has 1 atom stereocenters. The van der Waals surface area contributed by atoms with E-state index in [1.807, 2.05) is 17.9 Å². The number of aromatic nitrogens is 1. The molecule has 0 N–H and O–H groups in total. The van der Waals surface area contributed by atoms with Gasteiger partial charge in [0.15, 0.2) is 0 Å². The molecule has 0 spiro atoms. The molecule has 1 aliphatic heterocycles. The van der Waals surface area contributed by atoms with E-state index in [1.165, 1.54) is 12.8 Å². The van der Waals surface area contributed by atoms with Crippen LogP contribution in [-0.2, 0) is 4.79 Å². The van der Waals surface area contributed by atoms with Gasteiger partial charge >= 0.3 is 0 Å². The first-order chi connectivity index (χ1) is 8.75. The first-order valence-corrected chi connectivity index (χ1v) is 6.99. The molecular weight excluding hydrogens is 228 g/mol. The molecule has 0 aromatic carbocycles. The number of rotatable bonds is 2. The first kappa shape index (κ1) is 11.8. The summed E-state index contributed by atoms with van der Waals surface area (Å²) >= 11 is 0. The molecule has 2 fully saturated rings. The zero-order valence-electron chi connectivity index (χ0n) is 10.9. The number of carbonyl (C=O) groups is 1. The van der Waals surface area contributed by atoms with Crippen LogP contribution in [0.4, 0.5) is 0 Å². The smallest absolute Gasteiger partial charge is 0.226 e. The Labute approximate surface area is 107 Å². The van der Waals surface area contributed by atoms with E-state index in [2.05, 4.69) is 5.16 Å². The van der Waals surface area contributed by atoms with Crippen molar-refractivity contribution in [2.24, 2.45) is 5.92 Å². The lowest BCUT2D eigenvalue weighted by molar-refractivity contribution is -0.136. The fourth-order valence-corrected chi connectivity index (χ4v) is 3.29. The third kappa shape index (κ3) is 2.04. The normalized spacial score (nSPS) is 24.9. The summed E-state index contributed by atoms with van der Waals surface area (Å²) in [6.45, 7) is 2.78. The summed E-state index contributed by atoms with van der Waals surface area (Å²) in [5, 5.41) is 4.09. The van der Waals surface area contributed by atoms with Gasteiger partial charge in [0.05, 0.1) is 6.04 Å². The van der Waals surface area contributed by atoms with Gasteiger partial charge in [-0.05, 0) is 32.6 Å². The molecule has 3 rings (SSSR count). The van der Waals surface area contributed by atoms with Gasteiger partial charge in [0, 0.05) is 18.5 Å². The van der Waals surface area contributed by atoms with Gasteiger partial charge in [-0.3, -0.25) is 4.79 Å². The van der Waals surface area contributed by atoms with Crippen molar-refractivity contribution in [3.05, 3.63) is 17.5 Å². The highest BCUT2D eigenvalue weighted by molar-refractivity contribution is 5.79. The van der Waals surface area contributed by atoms with E-state index < -0.39 is 0 Å². The van der Waals surface area contributed by atoms with E-state index in [-0.39, 0.29) is 12.0 Å². The summed E-state index contributed by atoms with van der Waals surface area (Å²) < 4.78 is 5.14. The number of likely N-dealkylation sites (tertiary alicyclic amines) is 1. The molecule has 1 unspecified atom stereocenters. The Morgan fingerprint density at radius 3 is 2.78 bits per heavy atom. The minimum atomic E-state index is 0.149. The lowest BCUT2D eigenvalue weighted by Gasteiger charge is -2.25. The molecule has 1 saturated heterocycles. The van der Waals surface area contributed by atoms with Crippen molar-refractivity contribution in [3.8, 4) is 0 Å². The van der Waals surface area contributed by atoms with E-state index >= 15 is 0 Å². The molecular formula is C14H20N2O2. The molecule has 0 radical (unpaired) electrons. The van der Waals surface area contributed by atoms with Gasteiger partial charge < -0.3 is 9.42 Å². The van der Waals surface area contributed by atoms with Crippen molar-refractivity contribution < 1.29 is 9.32 Å². The van der Waals surface area contributed by atoms with Crippen LogP contribution < -0.4 is 0 Å². The SMILES string of the molecule is Cc1cc(C2CCCN2C(=O)C2CCCC2)no1. The third-order valence-electron chi connectivity index (χ3n) is 4.23. The summed E-state index contributed by atoms with van der Waals surface area (Å²) in [6.07, 6.45) is 6.65. The van der Waals surface area contributed by atoms with E-state index in [9.17, 15) is 4.79 Å². The van der Waals surface area contributed by atoms with Crippen LogP contribution in [0, 0.1) is 12.8 Å². The Morgan fingerprint density at radius 2 is 2.11 bits per heavy atom. The Bertz CT molecular complexity index is 435.